The fourth-order valence-corrected chi connectivity index (χ4v) is 5.72. The van der Waals surface area contributed by atoms with Crippen LogP contribution in [0.1, 0.15) is 55.5 Å². The number of imidazole rings is 1. The zero-order chi connectivity index (χ0) is 28.5. The van der Waals surface area contributed by atoms with Crippen molar-refractivity contribution in [2.75, 3.05) is 13.2 Å². The zero-order valence-electron chi connectivity index (χ0n) is 25.0. The van der Waals surface area contributed by atoms with Crippen molar-refractivity contribution in [1.29, 1.82) is 0 Å². The van der Waals surface area contributed by atoms with Gasteiger partial charge in [0, 0.05) is 31.5 Å². The maximum atomic E-state index is 13.2. The Balaban J connectivity index is 0.00000212. The van der Waals surface area contributed by atoms with Gasteiger partial charge in [-0.05, 0) is 35.2 Å². The van der Waals surface area contributed by atoms with E-state index in [1.54, 1.807) is 11.8 Å². The number of ether oxygens (including phenoxy) is 1. The molecule has 13 heteroatoms. The number of rotatable bonds is 9. The van der Waals surface area contributed by atoms with Crippen LogP contribution in [0.3, 0.4) is 0 Å². The Hall–Kier alpha value is -2.80. The van der Waals surface area contributed by atoms with Gasteiger partial charge in [-0.2, -0.15) is 5.21 Å². The second-order valence-electron chi connectivity index (χ2n) is 10.2. The third-order valence-electron chi connectivity index (χ3n) is 7.66. The topological polar surface area (TPSA) is 139 Å². The molecule has 0 aliphatic carbocycles. The molecule has 4 aromatic rings. The van der Waals surface area contributed by atoms with Gasteiger partial charge in [0.25, 0.3) is 5.91 Å². The van der Waals surface area contributed by atoms with Gasteiger partial charge in [-0.15, -0.1) is 10.2 Å². The molecule has 43 heavy (non-hydrogen) atoms. The van der Waals surface area contributed by atoms with Crippen molar-refractivity contribution in [2.24, 2.45) is 0 Å². The summed E-state index contributed by atoms with van der Waals surface area (Å²) in [5.74, 6) is -0.105. The molecule has 2 aromatic heterocycles. The summed E-state index contributed by atoms with van der Waals surface area (Å²) in [6.45, 7) is 4.81. The summed E-state index contributed by atoms with van der Waals surface area (Å²) in [6, 6.07) is 15.4. The molecule has 0 saturated carbocycles. The summed E-state index contributed by atoms with van der Waals surface area (Å²) in [5.41, 5.74) is 5.26. The van der Waals surface area contributed by atoms with Gasteiger partial charge in [0.05, 0.1) is 18.0 Å². The van der Waals surface area contributed by atoms with Gasteiger partial charge in [-0.1, -0.05) is 61.9 Å². The number of carbonyl (C=O) groups excluding carboxylic acids is 2. The van der Waals surface area contributed by atoms with Crippen LogP contribution in [0.5, 0.6) is 0 Å². The molecule has 1 unspecified atom stereocenters. The molecule has 0 radical (unpaired) electrons. The first-order valence-corrected chi connectivity index (χ1v) is 13.9. The second kappa shape index (κ2) is 14.3. The van der Waals surface area contributed by atoms with Crippen LogP contribution >= 0.6 is 0 Å². The molecule has 0 spiro atoms. The number of nitrogens with zero attached hydrogens (tertiary/aromatic N) is 6. The number of carbonyl (C=O) groups is 2. The van der Waals surface area contributed by atoms with Crippen molar-refractivity contribution in [3.05, 3.63) is 82.6 Å². The van der Waals surface area contributed by atoms with Crippen LogP contribution in [-0.2, 0) is 33.7 Å². The minimum Gasteiger partial charge on any atom is -0.509 e. The van der Waals surface area contributed by atoms with Gasteiger partial charge < -0.3 is 19.3 Å². The third-order valence-corrected chi connectivity index (χ3v) is 7.66. The first kappa shape index (κ1) is 33.1. The Morgan fingerprint density at radius 2 is 1.84 bits per heavy atom. The Kier molecular flexibility index (Phi) is 11.0. The Bertz CT molecular complexity index is 1630. The number of fused-ring (bicyclic) bond motifs is 3. The van der Waals surface area contributed by atoms with E-state index in [1.807, 2.05) is 24.3 Å². The van der Waals surface area contributed by atoms with E-state index < -0.39 is 17.9 Å². The number of aliphatic hydroxyl groups is 1. The number of aryl methyl sites for hydroxylation is 1. The molecule has 2 aliphatic rings. The van der Waals surface area contributed by atoms with E-state index >= 15 is 0 Å². The average Bonchev–Trinajstić information content (AvgIpc) is 3.70. The van der Waals surface area contributed by atoms with Crippen molar-refractivity contribution in [1.82, 2.24) is 35.1 Å². The van der Waals surface area contributed by atoms with Crippen LogP contribution in [0.25, 0.3) is 22.5 Å². The number of aliphatic hydroxyl groups excluding tert-OH is 1. The van der Waals surface area contributed by atoms with Crippen LogP contribution in [0.15, 0.2) is 59.9 Å². The van der Waals surface area contributed by atoms with Crippen molar-refractivity contribution < 1.29 is 78.5 Å². The first-order chi connectivity index (χ1) is 20.0. The van der Waals surface area contributed by atoms with Gasteiger partial charge in [0.15, 0.2) is 5.57 Å². The predicted molar refractivity (Wildman–Crippen MR) is 149 cm³/mol. The molecule has 0 saturated heterocycles. The van der Waals surface area contributed by atoms with Crippen molar-refractivity contribution >= 4 is 11.9 Å². The molecule has 1 amide bonds. The minimum absolute atomic E-state index is 0. The van der Waals surface area contributed by atoms with E-state index in [0.717, 1.165) is 58.7 Å². The molecule has 2 aromatic carbocycles. The summed E-state index contributed by atoms with van der Waals surface area (Å²) in [4.78, 5) is 32.3. The molecule has 210 valence electrons. The Morgan fingerprint density at radius 3 is 2.51 bits per heavy atom. The predicted octanol–water partition coefficient (Wildman–Crippen LogP) is -2.06. The summed E-state index contributed by atoms with van der Waals surface area (Å²) in [7, 11) is 0. The number of H-pyrrole nitrogens is 1. The average molecular weight is 600 g/mol. The van der Waals surface area contributed by atoms with Crippen molar-refractivity contribution in [3.8, 4) is 22.5 Å². The molecular weight excluding hydrogens is 568 g/mol. The van der Waals surface area contributed by atoms with Gasteiger partial charge in [0.1, 0.15) is 17.6 Å². The van der Waals surface area contributed by atoms with Gasteiger partial charge >= 0.3 is 65.1 Å². The molecular formula is C30H31N7Na2O4+2. The van der Waals surface area contributed by atoms with E-state index in [-0.39, 0.29) is 77.1 Å². The Morgan fingerprint density at radius 1 is 1.09 bits per heavy atom. The summed E-state index contributed by atoms with van der Waals surface area (Å²) in [5, 5.41) is 25.7. The molecule has 6 rings (SSSR count). The fraction of sp³-hybridized carbons (Fsp3) is 0.333. The van der Waals surface area contributed by atoms with Crippen LogP contribution in [-0.4, -0.2) is 65.2 Å². The summed E-state index contributed by atoms with van der Waals surface area (Å²) < 4.78 is 7.20. The smallest absolute Gasteiger partial charge is 0.509 e. The first-order valence-electron chi connectivity index (χ1n) is 13.9. The van der Waals surface area contributed by atoms with E-state index in [4.69, 9.17) is 9.72 Å². The number of unbranched alkanes of at least 4 members (excludes halogenated alkanes) is 1. The zero-order valence-corrected chi connectivity index (χ0v) is 29.0. The number of nitrogens with one attached hydrogen (secondary N) is 1. The normalized spacial score (nSPS) is 15.4. The number of hydrogen-bond acceptors (Lipinski definition) is 8. The second-order valence-corrected chi connectivity index (χ2v) is 10.2. The molecule has 0 fully saturated rings. The molecule has 2 aliphatic heterocycles. The number of benzene rings is 2. The monoisotopic (exact) mass is 599 g/mol. The quantitative estimate of drug-likeness (QED) is 0.127. The fourth-order valence-electron chi connectivity index (χ4n) is 5.72. The van der Waals surface area contributed by atoms with E-state index in [2.05, 4.69) is 56.4 Å². The minimum atomic E-state index is -0.792. The molecule has 4 heterocycles. The molecule has 11 nitrogen and oxygen atoms in total. The van der Waals surface area contributed by atoms with Crippen molar-refractivity contribution in [3.63, 3.8) is 0 Å². The Labute approximate surface area is 293 Å². The summed E-state index contributed by atoms with van der Waals surface area (Å²) in [6.07, 6.45) is 3.30. The van der Waals surface area contributed by atoms with Crippen LogP contribution in [0, 0.1) is 0 Å². The number of tetrazole rings is 1. The van der Waals surface area contributed by atoms with E-state index in [1.165, 1.54) is 0 Å². The standard InChI is InChI=1S/C30H31N7O4.2Na/c1-3-5-10-23-31-22-15-16-36-26(27(38)24(29(36)39)30(40)41-4-2)25(22)37(23)17-18-11-13-19(14-12-18)20-8-6-7-9-21(20)28-32-34-35-33-28;;/h6-9,11-14,26,38H,3-5,10,15-17H2,1-2H3,(H,32,33,34,35);;/q;2*+1. The number of aromatic amines is 1. The number of amides is 1. The molecule has 2 N–H and O–H groups in total. The third kappa shape index (κ3) is 6.25. The van der Waals surface area contributed by atoms with Crippen LogP contribution in [0.4, 0.5) is 0 Å². The maximum Gasteiger partial charge on any atom is 1.00 e. The number of esters is 1. The van der Waals surface area contributed by atoms with Gasteiger partial charge in [-0.3, -0.25) is 4.79 Å². The van der Waals surface area contributed by atoms with Gasteiger partial charge in [-0.25, -0.2) is 9.78 Å². The SMILES string of the molecule is CCCCc1nc2c(n1Cc1ccc(-c3ccccc3-c3nn[nH]n3)cc1)C1C(O)=C(C(=O)OCC)C(=O)N1CC2.[Na+].[Na+]. The number of aromatic nitrogens is 6. The maximum absolute atomic E-state index is 13.2. The molecule has 0 bridgehead atoms. The van der Waals surface area contributed by atoms with Gasteiger partial charge in [0.2, 0.25) is 5.82 Å². The van der Waals surface area contributed by atoms with E-state index in [9.17, 15) is 14.7 Å². The summed E-state index contributed by atoms with van der Waals surface area (Å²) >= 11 is 0. The molecule has 1 atom stereocenters. The van der Waals surface area contributed by atoms with E-state index in [0.29, 0.717) is 25.3 Å². The van der Waals surface area contributed by atoms with Crippen molar-refractivity contribution in [2.45, 2.75) is 52.1 Å². The van der Waals surface area contributed by atoms with Crippen LogP contribution in [0.2, 0.25) is 0 Å². The number of hydrogen-bond donors (Lipinski definition) is 2. The largest absolute Gasteiger partial charge is 1.00 e. The van der Waals surface area contributed by atoms with Crippen LogP contribution < -0.4 is 59.1 Å².